The highest BCUT2D eigenvalue weighted by atomic mass is 32.2. The van der Waals surface area contributed by atoms with Gasteiger partial charge in [-0.3, -0.25) is 9.78 Å². The molecule has 1 amide bonds. The molecule has 1 fully saturated rings. The molecule has 4 rings (SSSR count). The smallest absolute Gasteiger partial charge is 0.256 e. The van der Waals surface area contributed by atoms with Crippen LogP contribution in [0.15, 0.2) is 35.2 Å². The summed E-state index contributed by atoms with van der Waals surface area (Å²) in [6.07, 6.45) is 0. The molecule has 0 aliphatic carbocycles. The van der Waals surface area contributed by atoms with Gasteiger partial charge in [-0.05, 0) is 50.1 Å². The Hall–Kier alpha value is -2.25. The Bertz CT molecular complexity index is 1020. The second kappa shape index (κ2) is 5.89. The third-order valence-corrected chi connectivity index (χ3v) is 7.18. The van der Waals surface area contributed by atoms with Crippen LogP contribution < -0.4 is 0 Å². The van der Waals surface area contributed by atoms with Gasteiger partial charge in [0.1, 0.15) is 0 Å². The molecule has 0 radical (unpaired) electrons. The molecule has 1 unspecified atom stereocenters. The standard InChI is InChI=1S/C19H21N3O3S/c1-12-4-5-13(2)17(10-12)26(24,25)21-8-9-22-16(11-21)18-15(19(22)23)7-6-14(3)20-18/h4-7,10,16H,8-9,11H2,1-3H3. The van der Waals surface area contributed by atoms with Gasteiger partial charge in [-0.25, -0.2) is 8.42 Å². The molecule has 7 heteroatoms. The van der Waals surface area contributed by atoms with E-state index in [1.54, 1.807) is 17.0 Å². The first-order valence-corrected chi connectivity index (χ1v) is 10.1. The summed E-state index contributed by atoms with van der Waals surface area (Å²) in [5, 5.41) is 0. The maximum Gasteiger partial charge on any atom is 0.256 e. The molecule has 6 nitrogen and oxygen atoms in total. The normalized spacial score (nSPS) is 20.2. The summed E-state index contributed by atoms with van der Waals surface area (Å²) < 4.78 is 27.9. The van der Waals surface area contributed by atoms with Gasteiger partial charge in [0.25, 0.3) is 5.91 Å². The van der Waals surface area contributed by atoms with E-state index >= 15 is 0 Å². The number of hydrogen-bond donors (Lipinski definition) is 0. The number of carbonyl (C=O) groups excluding carboxylic acids is 1. The van der Waals surface area contributed by atoms with Crippen LogP contribution in [-0.4, -0.2) is 48.1 Å². The highest BCUT2D eigenvalue weighted by Gasteiger charge is 2.44. The lowest BCUT2D eigenvalue weighted by atomic mass is 10.1. The molecule has 136 valence electrons. The number of pyridine rings is 1. The second-order valence-electron chi connectivity index (χ2n) is 7.03. The van der Waals surface area contributed by atoms with Gasteiger partial charge in [-0.15, -0.1) is 0 Å². The Balaban J connectivity index is 1.71. The lowest BCUT2D eigenvalue weighted by Crippen LogP contribution is -2.49. The summed E-state index contributed by atoms with van der Waals surface area (Å²) in [7, 11) is -3.62. The van der Waals surface area contributed by atoms with E-state index in [0.717, 1.165) is 16.8 Å². The van der Waals surface area contributed by atoms with Crippen molar-refractivity contribution in [2.45, 2.75) is 31.7 Å². The van der Waals surface area contributed by atoms with Crippen molar-refractivity contribution in [3.8, 4) is 0 Å². The predicted octanol–water partition coefficient (Wildman–Crippen LogP) is 2.21. The number of piperazine rings is 1. The molecule has 1 atom stereocenters. The highest BCUT2D eigenvalue weighted by Crippen LogP contribution is 2.36. The van der Waals surface area contributed by atoms with Gasteiger partial charge in [-0.2, -0.15) is 4.31 Å². The topological polar surface area (TPSA) is 70.6 Å². The molecule has 0 N–H and O–H groups in total. The number of hydrogen-bond acceptors (Lipinski definition) is 4. The largest absolute Gasteiger partial charge is 0.327 e. The maximum absolute atomic E-state index is 13.2. The fourth-order valence-electron chi connectivity index (χ4n) is 3.74. The second-order valence-corrected chi connectivity index (χ2v) is 8.94. The molecule has 2 aliphatic heterocycles. The van der Waals surface area contributed by atoms with E-state index in [1.807, 2.05) is 39.0 Å². The van der Waals surface area contributed by atoms with Crippen molar-refractivity contribution in [3.05, 3.63) is 58.4 Å². The number of sulfonamides is 1. The summed E-state index contributed by atoms with van der Waals surface area (Å²) in [5.74, 6) is -0.0544. The zero-order valence-corrected chi connectivity index (χ0v) is 15.9. The van der Waals surface area contributed by atoms with Crippen molar-refractivity contribution in [1.29, 1.82) is 0 Å². The molecule has 3 heterocycles. The Kier molecular flexibility index (Phi) is 3.89. The number of benzene rings is 1. The van der Waals surface area contributed by atoms with Crippen molar-refractivity contribution in [3.63, 3.8) is 0 Å². The van der Waals surface area contributed by atoms with Gasteiger partial charge in [0.05, 0.1) is 22.2 Å². The van der Waals surface area contributed by atoms with Gasteiger partial charge >= 0.3 is 0 Å². The number of amides is 1. The average Bonchev–Trinajstić information content (AvgIpc) is 2.88. The third kappa shape index (κ3) is 2.54. The minimum absolute atomic E-state index is 0.0544. The van der Waals surface area contributed by atoms with Crippen molar-refractivity contribution < 1.29 is 13.2 Å². The predicted molar refractivity (Wildman–Crippen MR) is 97.4 cm³/mol. The van der Waals surface area contributed by atoms with Crippen molar-refractivity contribution in [2.24, 2.45) is 0 Å². The van der Waals surface area contributed by atoms with Crippen LogP contribution in [0.5, 0.6) is 0 Å². The lowest BCUT2D eigenvalue weighted by Gasteiger charge is -2.36. The van der Waals surface area contributed by atoms with Crippen LogP contribution >= 0.6 is 0 Å². The van der Waals surface area contributed by atoms with Crippen molar-refractivity contribution in [1.82, 2.24) is 14.2 Å². The Morgan fingerprint density at radius 2 is 1.85 bits per heavy atom. The molecule has 0 spiro atoms. The van der Waals surface area contributed by atoms with E-state index in [1.165, 1.54) is 4.31 Å². The summed E-state index contributed by atoms with van der Waals surface area (Å²) in [4.78, 5) is 19.2. The van der Waals surface area contributed by atoms with Crippen LogP contribution in [0.3, 0.4) is 0 Å². The number of nitrogens with zero attached hydrogens (tertiary/aromatic N) is 3. The van der Waals surface area contributed by atoms with E-state index in [-0.39, 0.29) is 18.5 Å². The fraction of sp³-hybridized carbons (Fsp3) is 0.368. The molecule has 0 saturated carbocycles. The molecular formula is C19H21N3O3S. The number of rotatable bonds is 2. The quantitative estimate of drug-likeness (QED) is 0.811. The maximum atomic E-state index is 13.2. The Morgan fingerprint density at radius 1 is 1.08 bits per heavy atom. The van der Waals surface area contributed by atoms with Crippen LogP contribution in [0, 0.1) is 20.8 Å². The first kappa shape index (κ1) is 17.2. The summed E-state index contributed by atoms with van der Waals surface area (Å²) in [6.45, 7) is 6.48. The minimum atomic E-state index is -3.62. The number of fused-ring (bicyclic) bond motifs is 3. The Labute approximate surface area is 153 Å². The molecule has 1 aromatic carbocycles. The summed E-state index contributed by atoms with van der Waals surface area (Å²) in [5.41, 5.74) is 3.75. The summed E-state index contributed by atoms with van der Waals surface area (Å²) in [6, 6.07) is 8.75. The zero-order valence-electron chi connectivity index (χ0n) is 15.1. The average molecular weight is 371 g/mol. The first-order valence-electron chi connectivity index (χ1n) is 8.65. The van der Waals surface area contributed by atoms with Crippen LogP contribution in [0.4, 0.5) is 0 Å². The Morgan fingerprint density at radius 3 is 2.62 bits per heavy atom. The van der Waals surface area contributed by atoms with Gasteiger partial charge in [0.15, 0.2) is 0 Å². The highest BCUT2D eigenvalue weighted by molar-refractivity contribution is 7.89. The van der Waals surface area contributed by atoms with E-state index in [2.05, 4.69) is 4.98 Å². The minimum Gasteiger partial charge on any atom is -0.327 e. The van der Waals surface area contributed by atoms with Gasteiger partial charge in [-0.1, -0.05) is 12.1 Å². The van der Waals surface area contributed by atoms with E-state index in [4.69, 9.17) is 0 Å². The van der Waals surface area contributed by atoms with E-state index in [0.29, 0.717) is 29.2 Å². The summed E-state index contributed by atoms with van der Waals surface area (Å²) >= 11 is 0. The van der Waals surface area contributed by atoms with Crippen molar-refractivity contribution in [2.75, 3.05) is 19.6 Å². The number of carbonyl (C=O) groups is 1. The van der Waals surface area contributed by atoms with Gasteiger partial charge in [0, 0.05) is 25.3 Å². The third-order valence-electron chi connectivity index (χ3n) is 5.18. The molecule has 1 aromatic heterocycles. The lowest BCUT2D eigenvalue weighted by molar-refractivity contribution is 0.0625. The molecule has 26 heavy (non-hydrogen) atoms. The van der Waals surface area contributed by atoms with Crippen LogP contribution in [0.1, 0.15) is 38.9 Å². The molecule has 2 aliphatic rings. The van der Waals surface area contributed by atoms with Crippen LogP contribution in [0.25, 0.3) is 0 Å². The van der Waals surface area contributed by atoms with Gasteiger partial charge in [0.2, 0.25) is 10.0 Å². The van der Waals surface area contributed by atoms with Gasteiger partial charge < -0.3 is 4.90 Å². The van der Waals surface area contributed by atoms with Crippen LogP contribution in [0.2, 0.25) is 0 Å². The number of aryl methyl sites for hydroxylation is 3. The molecule has 0 bridgehead atoms. The fourth-order valence-corrected chi connectivity index (χ4v) is 5.49. The monoisotopic (exact) mass is 371 g/mol. The van der Waals surface area contributed by atoms with E-state index in [9.17, 15) is 13.2 Å². The zero-order chi connectivity index (χ0) is 18.6. The number of aromatic nitrogens is 1. The SMILES string of the molecule is Cc1ccc(C)c(S(=O)(=O)N2CCN3C(=O)c4ccc(C)nc4C3C2)c1. The van der Waals surface area contributed by atoms with Crippen LogP contribution in [-0.2, 0) is 10.0 Å². The molecule has 1 saturated heterocycles. The molecular weight excluding hydrogens is 350 g/mol. The van der Waals surface area contributed by atoms with Crippen molar-refractivity contribution >= 4 is 15.9 Å². The first-order chi connectivity index (χ1) is 12.3. The molecule has 2 aromatic rings. The van der Waals surface area contributed by atoms with E-state index < -0.39 is 10.0 Å².